The molecule has 142 valence electrons. The van der Waals surface area contributed by atoms with Gasteiger partial charge in [0.25, 0.3) is 0 Å². The summed E-state index contributed by atoms with van der Waals surface area (Å²) in [6.45, 7) is 13.3. The molecule has 0 heterocycles. The van der Waals surface area contributed by atoms with Crippen molar-refractivity contribution in [2.75, 3.05) is 66.1 Å². The molecule has 0 aromatic carbocycles. The van der Waals surface area contributed by atoms with Gasteiger partial charge >= 0.3 is 5.97 Å². The third-order valence-electron chi connectivity index (χ3n) is 2.36. The zero-order chi connectivity index (χ0) is 18.1. The van der Waals surface area contributed by atoms with Crippen molar-refractivity contribution >= 4 is 5.97 Å². The van der Waals surface area contributed by atoms with Crippen LogP contribution in [0.1, 0.15) is 20.8 Å². The van der Waals surface area contributed by atoms with Gasteiger partial charge in [-0.3, -0.25) is 0 Å². The minimum absolute atomic E-state index is 0.0645. The fourth-order valence-electron chi connectivity index (χ4n) is 1.47. The van der Waals surface area contributed by atoms with Crippen molar-refractivity contribution in [1.29, 1.82) is 0 Å². The van der Waals surface area contributed by atoms with Gasteiger partial charge in [-0.25, -0.2) is 4.79 Å². The predicted molar refractivity (Wildman–Crippen MR) is 90.1 cm³/mol. The van der Waals surface area contributed by atoms with Crippen molar-refractivity contribution in [2.24, 2.45) is 0 Å². The van der Waals surface area contributed by atoms with Crippen molar-refractivity contribution in [3.05, 3.63) is 12.7 Å². The van der Waals surface area contributed by atoms with Crippen LogP contribution in [0.3, 0.4) is 0 Å². The van der Waals surface area contributed by atoms with Gasteiger partial charge < -0.3 is 28.4 Å². The smallest absolute Gasteiger partial charge is 0.332 e. The van der Waals surface area contributed by atoms with E-state index in [1.807, 2.05) is 20.8 Å². The van der Waals surface area contributed by atoms with E-state index >= 15 is 0 Å². The molecule has 0 aromatic rings. The molecule has 0 spiro atoms. The van der Waals surface area contributed by atoms with Crippen LogP contribution in [0.2, 0.25) is 0 Å². The van der Waals surface area contributed by atoms with E-state index in [0.717, 1.165) is 0 Å². The quantitative estimate of drug-likeness (QED) is 0.238. The first kappa shape index (κ1) is 23.0. The summed E-state index contributed by atoms with van der Waals surface area (Å²) < 4.78 is 31.4. The SMILES string of the molecule is C=CCOCCOCCOCCOCCOCC(=O)OC(C)(C)C. The lowest BCUT2D eigenvalue weighted by Crippen LogP contribution is -2.27. The molecule has 0 aromatic heterocycles. The summed E-state index contributed by atoms with van der Waals surface area (Å²) in [6, 6.07) is 0. The molecule has 7 nitrogen and oxygen atoms in total. The Balaban J connectivity index is 3.15. The molecule has 0 radical (unpaired) electrons. The Morgan fingerprint density at radius 3 is 1.62 bits per heavy atom. The first-order chi connectivity index (χ1) is 11.5. The average Bonchev–Trinajstić information content (AvgIpc) is 2.49. The molecule has 0 aliphatic carbocycles. The van der Waals surface area contributed by atoms with Crippen LogP contribution in [0.5, 0.6) is 0 Å². The van der Waals surface area contributed by atoms with Crippen LogP contribution < -0.4 is 0 Å². The molecular formula is C17H32O7. The summed E-state index contributed by atoms with van der Waals surface area (Å²) >= 11 is 0. The first-order valence-corrected chi connectivity index (χ1v) is 8.17. The Morgan fingerprint density at radius 2 is 1.21 bits per heavy atom. The monoisotopic (exact) mass is 348 g/mol. The van der Waals surface area contributed by atoms with Crippen LogP contribution in [0, 0.1) is 0 Å². The van der Waals surface area contributed by atoms with Gasteiger partial charge in [-0.15, -0.1) is 6.58 Å². The Hall–Kier alpha value is -0.990. The highest BCUT2D eigenvalue weighted by molar-refractivity contribution is 5.71. The fraction of sp³-hybridized carbons (Fsp3) is 0.824. The second kappa shape index (κ2) is 15.5. The number of carbonyl (C=O) groups is 1. The van der Waals surface area contributed by atoms with Crippen molar-refractivity contribution < 1.29 is 33.2 Å². The van der Waals surface area contributed by atoms with Gasteiger partial charge in [-0.2, -0.15) is 0 Å². The maximum absolute atomic E-state index is 11.4. The highest BCUT2D eigenvalue weighted by Crippen LogP contribution is 2.06. The lowest BCUT2D eigenvalue weighted by atomic mass is 10.2. The molecule has 0 atom stereocenters. The van der Waals surface area contributed by atoms with Gasteiger partial charge in [0.15, 0.2) is 0 Å². The van der Waals surface area contributed by atoms with Crippen LogP contribution in [-0.2, 0) is 33.2 Å². The molecule has 7 heteroatoms. The van der Waals surface area contributed by atoms with Gasteiger partial charge in [0.05, 0.1) is 59.5 Å². The molecule has 0 aliphatic rings. The van der Waals surface area contributed by atoms with Crippen molar-refractivity contribution in [3.63, 3.8) is 0 Å². The predicted octanol–water partition coefficient (Wildman–Crippen LogP) is 1.60. The molecule has 0 bridgehead atoms. The van der Waals surface area contributed by atoms with E-state index in [1.165, 1.54) is 0 Å². The minimum atomic E-state index is -0.489. The average molecular weight is 348 g/mol. The Bertz CT molecular complexity index is 313. The fourth-order valence-corrected chi connectivity index (χ4v) is 1.47. The first-order valence-electron chi connectivity index (χ1n) is 8.17. The van der Waals surface area contributed by atoms with Gasteiger partial charge in [0, 0.05) is 0 Å². The van der Waals surface area contributed by atoms with E-state index in [1.54, 1.807) is 6.08 Å². The maximum Gasteiger partial charge on any atom is 0.332 e. The topological polar surface area (TPSA) is 72.5 Å². The van der Waals surface area contributed by atoms with E-state index < -0.39 is 5.60 Å². The van der Waals surface area contributed by atoms with E-state index in [2.05, 4.69) is 6.58 Å². The molecule has 0 saturated carbocycles. The van der Waals surface area contributed by atoms with E-state index in [-0.39, 0.29) is 12.6 Å². The highest BCUT2D eigenvalue weighted by Gasteiger charge is 2.15. The molecule has 0 unspecified atom stereocenters. The molecule has 0 aliphatic heterocycles. The Kier molecular flexibility index (Phi) is 14.9. The highest BCUT2D eigenvalue weighted by atomic mass is 16.6. The summed E-state index contributed by atoms with van der Waals surface area (Å²) in [4.78, 5) is 11.4. The lowest BCUT2D eigenvalue weighted by molar-refractivity contribution is -0.160. The summed E-state index contributed by atoms with van der Waals surface area (Å²) in [5.41, 5.74) is -0.489. The molecule has 0 amide bonds. The normalized spacial score (nSPS) is 11.5. The number of hydrogen-bond donors (Lipinski definition) is 0. The van der Waals surface area contributed by atoms with Crippen LogP contribution >= 0.6 is 0 Å². The Labute approximate surface area is 145 Å². The van der Waals surface area contributed by atoms with Crippen molar-refractivity contribution in [1.82, 2.24) is 0 Å². The van der Waals surface area contributed by atoms with E-state index in [9.17, 15) is 4.79 Å². The zero-order valence-corrected chi connectivity index (χ0v) is 15.2. The van der Waals surface area contributed by atoms with Crippen molar-refractivity contribution in [2.45, 2.75) is 26.4 Å². The summed E-state index contributed by atoms with van der Waals surface area (Å²) in [7, 11) is 0. The largest absolute Gasteiger partial charge is 0.458 e. The molecular weight excluding hydrogens is 316 g/mol. The number of rotatable bonds is 16. The molecule has 24 heavy (non-hydrogen) atoms. The molecule has 0 N–H and O–H groups in total. The van der Waals surface area contributed by atoms with Crippen LogP contribution in [0.25, 0.3) is 0 Å². The van der Waals surface area contributed by atoms with E-state index in [4.69, 9.17) is 28.4 Å². The molecule has 0 rings (SSSR count). The summed E-state index contributed by atoms with van der Waals surface area (Å²) in [5, 5.41) is 0. The third-order valence-corrected chi connectivity index (χ3v) is 2.36. The second-order valence-corrected chi connectivity index (χ2v) is 5.84. The lowest BCUT2D eigenvalue weighted by Gasteiger charge is -2.19. The Morgan fingerprint density at radius 1 is 0.792 bits per heavy atom. The van der Waals surface area contributed by atoms with Crippen LogP contribution in [-0.4, -0.2) is 77.6 Å². The number of hydrogen-bond acceptors (Lipinski definition) is 7. The number of esters is 1. The van der Waals surface area contributed by atoms with E-state index in [0.29, 0.717) is 59.5 Å². The van der Waals surface area contributed by atoms with Crippen LogP contribution in [0.15, 0.2) is 12.7 Å². The van der Waals surface area contributed by atoms with Gasteiger partial charge in [0.2, 0.25) is 0 Å². The number of ether oxygens (including phenoxy) is 6. The summed E-state index contributed by atoms with van der Waals surface area (Å²) in [6.07, 6.45) is 1.70. The molecule has 0 fully saturated rings. The van der Waals surface area contributed by atoms with Gasteiger partial charge in [-0.1, -0.05) is 6.08 Å². The summed E-state index contributed by atoms with van der Waals surface area (Å²) in [5.74, 6) is -0.374. The number of carbonyl (C=O) groups excluding carboxylic acids is 1. The van der Waals surface area contributed by atoms with Gasteiger partial charge in [0.1, 0.15) is 12.2 Å². The van der Waals surface area contributed by atoms with Crippen LogP contribution in [0.4, 0.5) is 0 Å². The van der Waals surface area contributed by atoms with Gasteiger partial charge in [-0.05, 0) is 20.8 Å². The standard InChI is InChI=1S/C17H32O7/c1-5-6-19-7-8-20-9-10-21-11-12-22-13-14-23-15-16(18)24-17(2,3)4/h5H,1,6-15H2,2-4H3. The second-order valence-electron chi connectivity index (χ2n) is 5.84. The third kappa shape index (κ3) is 19.1. The minimum Gasteiger partial charge on any atom is -0.458 e. The maximum atomic E-state index is 11.4. The molecule has 0 saturated heterocycles. The zero-order valence-electron chi connectivity index (χ0n) is 15.2. The van der Waals surface area contributed by atoms with Crippen molar-refractivity contribution in [3.8, 4) is 0 Å².